The number of aromatic nitrogens is 3. The van der Waals surface area contributed by atoms with Crippen LogP contribution in [0, 0.1) is 6.92 Å². The van der Waals surface area contributed by atoms with E-state index in [1.165, 1.54) is 0 Å². The van der Waals surface area contributed by atoms with Crippen LogP contribution in [0.25, 0.3) is 5.52 Å². The third-order valence-electron chi connectivity index (χ3n) is 4.64. The normalized spacial score (nSPS) is 15.9. The van der Waals surface area contributed by atoms with Crippen molar-refractivity contribution in [3.63, 3.8) is 0 Å². The molecule has 1 amide bonds. The number of fused-ring (bicyclic) bond motifs is 1. The molecule has 3 rings (SSSR count). The van der Waals surface area contributed by atoms with Crippen LogP contribution in [0.1, 0.15) is 19.5 Å². The second kappa shape index (κ2) is 7.17. The molecule has 0 bridgehead atoms. The summed E-state index contributed by atoms with van der Waals surface area (Å²) in [5.74, 6) is 1.20. The summed E-state index contributed by atoms with van der Waals surface area (Å²) in [5, 5.41) is 4.45. The van der Waals surface area contributed by atoms with E-state index < -0.39 is 0 Å². The van der Waals surface area contributed by atoms with Crippen molar-refractivity contribution in [2.75, 3.05) is 50.7 Å². The fourth-order valence-electron chi connectivity index (χ4n) is 3.26. The topological polar surface area (TPSA) is 57.0 Å². The lowest BCUT2D eigenvalue weighted by atomic mass is 10.3. The number of carbonyl (C=O) groups excluding carboxylic acids is 1. The first kappa shape index (κ1) is 16.7. The van der Waals surface area contributed by atoms with Gasteiger partial charge in [-0.25, -0.2) is 9.50 Å². The van der Waals surface area contributed by atoms with Gasteiger partial charge in [0.15, 0.2) is 5.82 Å². The fourth-order valence-corrected chi connectivity index (χ4v) is 3.26. The van der Waals surface area contributed by atoms with Gasteiger partial charge in [-0.05, 0) is 26.8 Å². The monoisotopic (exact) mass is 330 g/mol. The number of carbonyl (C=O) groups is 1. The molecule has 1 fully saturated rings. The van der Waals surface area contributed by atoms with Crippen LogP contribution in [-0.4, -0.2) is 76.1 Å². The number of hydrogen-bond acceptors (Lipinski definition) is 5. The zero-order valence-electron chi connectivity index (χ0n) is 14.8. The molecular formula is C17H26N6O. The molecule has 0 aliphatic carbocycles. The fraction of sp³-hybridized carbons (Fsp3) is 0.588. The van der Waals surface area contributed by atoms with Crippen LogP contribution >= 0.6 is 0 Å². The molecule has 24 heavy (non-hydrogen) atoms. The average Bonchev–Trinajstić information content (AvgIpc) is 2.97. The zero-order chi connectivity index (χ0) is 17.1. The van der Waals surface area contributed by atoms with Crippen LogP contribution in [0.2, 0.25) is 0 Å². The van der Waals surface area contributed by atoms with Gasteiger partial charge in [0.05, 0.1) is 12.2 Å². The lowest BCUT2D eigenvalue weighted by Crippen LogP contribution is -2.50. The highest BCUT2D eigenvalue weighted by Crippen LogP contribution is 2.20. The van der Waals surface area contributed by atoms with E-state index >= 15 is 0 Å². The smallest absolute Gasteiger partial charge is 0.236 e. The van der Waals surface area contributed by atoms with Gasteiger partial charge >= 0.3 is 0 Å². The van der Waals surface area contributed by atoms with E-state index in [9.17, 15) is 4.79 Å². The quantitative estimate of drug-likeness (QED) is 0.819. The summed E-state index contributed by atoms with van der Waals surface area (Å²) in [7, 11) is 0. The molecule has 0 N–H and O–H groups in total. The Hall–Kier alpha value is -2.15. The van der Waals surface area contributed by atoms with Crippen LogP contribution in [0.5, 0.6) is 0 Å². The number of hydrogen-bond donors (Lipinski definition) is 0. The lowest BCUT2D eigenvalue weighted by Gasteiger charge is -2.36. The van der Waals surface area contributed by atoms with Crippen molar-refractivity contribution in [2.24, 2.45) is 0 Å². The third-order valence-corrected chi connectivity index (χ3v) is 4.64. The van der Waals surface area contributed by atoms with Crippen LogP contribution < -0.4 is 4.90 Å². The molecule has 1 aliphatic heterocycles. The molecule has 0 saturated carbocycles. The Morgan fingerprint density at radius 3 is 2.58 bits per heavy atom. The molecule has 7 nitrogen and oxygen atoms in total. The van der Waals surface area contributed by atoms with Crippen LogP contribution in [0.4, 0.5) is 5.82 Å². The molecule has 0 radical (unpaired) electrons. The van der Waals surface area contributed by atoms with Gasteiger partial charge in [0, 0.05) is 51.7 Å². The van der Waals surface area contributed by atoms with Gasteiger partial charge in [-0.2, -0.15) is 5.10 Å². The van der Waals surface area contributed by atoms with Gasteiger partial charge in [-0.3, -0.25) is 9.69 Å². The van der Waals surface area contributed by atoms with E-state index in [-0.39, 0.29) is 5.91 Å². The zero-order valence-corrected chi connectivity index (χ0v) is 14.8. The Labute approximate surface area is 142 Å². The molecule has 0 unspecified atom stereocenters. The molecular weight excluding hydrogens is 304 g/mol. The standard InChI is InChI=1S/C17H26N6O/c1-4-21(5-2)16(24)13-20-8-10-22(11-9-20)17-15-12-14(3)19-23(15)7-6-18-17/h6-7,12H,4-5,8-11,13H2,1-3H3. The minimum atomic E-state index is 0.222. The molecule has 1 saturated heterocycles. The van der Waals surface area contributed by atoms with E-state index in [1.807, 2.05) is 36.4 Å². The first-order valence-corrected chi connectivity index (χ1v) is 8.68. The number of nitrogens with zero attached hydrogens (tertiary/aromatic N) is 6. The minimum Gasteiger partial charge on any atom is -0.352 e. The van der Waals surface area contributed by atoms with Crippen molar-refractivity contribution in [1.82, 2.24) is 24.4 Å². The predicted octanol–water partition coefficient (Wildman–Crippen LogP) is 1.03. The summed E-state index contributed by atoms with van der Waals surface area (Å²) in [5.41, 5.74) is 2.04. The maximum atomic E-state index is 12.2. The van der Waals surface area contributed by atoms with Crippen molar-refractivity contribution < 1.29 is 4.79 Å². The van der Waals surface area contributed by atoms with Crippen LogP contribution in [0.15, 0.2) is 18.5 Å². The second-order valence-corrected chi connectivity index (χ2v) is 6.20. The molecule has 1 aliphatic rings. The Morgan fingerprint density at radius 2 is 1.92 bits per heavy atom. The van der Waals surface area contributed by atoms with Crippen LogP contribution in [0.3, 0.4) is 0 Å². The summed E-state index contributed by atoms with van der Waals surface area (Å²) in [6.45, 7) is 11.6. The maximum absolute atomic E-state index is 12.2. The van der Waals surface area contributed by atoms with Crippen molar-refractivity contribution in [3.8, 4) is 0 Å². The summed E-state index contributed by atoms with van der Waals surface area (Å²) in [6, 6.07) is 2.07. The van der Waals surface area contributed by atoms with E-state index in [0.717, 1.165) is 56.3 Å². The number of piperazine rings is 1. The predicted molar refractivity (Wildman–Crippen MR) is 94.3 cm³/mol. The third kappa shape index (κ3) is 3.36. The van der Waals surface area contributed by atoms with Crippen molar-refractivity contribution in [3.05, 3.63) is 24.2 Å². The van der Waals surface area contributed by atoms with E-state index in [4.69, 9.17) is 0 Å². The van der Waals surface area contributed by atoms with Gasteiger partial charge in [-0.1, -0.05) is 0 Å². The van der Waals surface area contributed by atoms with Crippen molar-refractivity contribution >= 4 is 17.2 Å². The highest BCUT2D eigenvalue weighted by molar-refractivity contribution is 5.78. The number of rotatable bonds is 5. The van der Waals surface area contributed by atoms with E-state index in [2.05, 4.69) is 25.9 Å². The lowest BCUT2D eigenvalue weighted by molar-refractivity contribution is -0.132. The Balaban J connectivity index is 1.63. The molecule has 2 aromatic heterocycles. The van der Waals surface area contributed by atoms with E-state index in [0.29, 0.717) is 6.54 Å². The largest absolute Gasteiger partial charge is 0.352 e. The average molecular weight is 330 g/mol. The summed E-state index contributed by atoms with van der Waals surface area (Å²) < 4.78 is 1.88. The van der Waals surface area contributed by atoms with Gasteiger partial charge in [0.25, 0.3) is 0 Å². The van der Waals surface area contributed by atoms with Gasteiger partial charge < -0.3 is 9.80 Å². The molecule has 130 valence electrons. The first-order chi connectivity index (χ1) is 11.6. The van der Waals surface area contributed by atoms with Gasteiger partial charge in [0.1, 0.15) is 5.52 Å². The highest BCUT2D eigenvalue weighted by Gasteiger charge is 2.22. The summed E-state index contributed by atoms with van der Waals surface area (Å²) >= 11 is 0. The van der Waals surface area contributed by atoms with Gasteiger partial charge in [-0.15, -0.1) is 0 Å². The number of likely N-dealkylation sites (N-methyl/N-ethyl adjacent to an activating group) is 1. The number of anilines is 1. The molecule has 7 heteroatoms. The molecule has 0 aromatic carbocycles. The molecule has 2 aromatic rings. The minimum absolute atomic E-state index is 0.222. The van der Waals surface area contributed by atoms with E-state index in [1.54, 1.807) is 6.20 Å². The summed E-state index contributed by atoms with van der Waals surface area (Å²) in [4.78, 5) is 23.2. The second-order valence-electron chi connectivity index (χ2n) is 6.20. The van der Waals surface area contributed by atoms with Gasteiger partial charge in [0.2, 0.25) is 5.91 Å². The number of amides is 1. The molecule has 0 atom stereocenters. The van der Waals surface area contributed by atoms with Crippen molar-refractivity contribution in [2.45, 2.75) is 20.8 Å². The Kier molecular flexibility index (Phi) is 4.99. The Morgan fingerprint density at radius 1 is 1.21 bits per heavy atom. The molecule has 3 heterocycles. The number of aryl methyl sites for hydroxylation is 1. The molecule has 0 spiro atoms. The highest BCUT2D eigenvalue weighted by atomic mass is 16.2. The summed E-state index contributed by atoms with van der Waals surface area (Å²) in [6.07, 6.45) is 3.68. The Bertz CT molecular complexity index is 700. The van der Waals surface area contributed by atoms with Crippen molar-refractivity contribution in [1.29, 1.82) is 0 Å². The first-order valence-electron chi connectivity index (χ1n) is 8.68. The SMILES string of the molecule is CCN(CC)C(=O)CN1CCN(c2nccn3nc(C)cc23)CC1. The van der Waals surface area contributed by atoms with Crippen LogP contribution in [-0.2, 0) is 4.79 Å². The maximum Gasteiger partial charge on any atom is 0.236 e.